The van der Waals surface area contributed by atoms with Crippen molar-refractivity contribution in [2.45, 2.75) is 135 Å². The maximum absolute atomic E-state index is 15.2. The highest BCUT2D eigenvalue weighted by Gasteiger charge is 3.25. The third-order valence-electron chi connectivity index (χ3n) is 13.1. The summed E-state index contributed by atoms with van der Waals surface area (Å²) in [5, 5.41) is 19.7. The molecule has 0 saturated heterocycles. The summed E-state index contributed by atoms with van der Waals surface area (Å²) in [5.74, 6) is -95.8. The second-order valence-electron chi connectivity index (χ2n) is 16.2. The molecule has 0 aromatic heterocycles. The molecule has 2 unspecified atom stereocenters. The van der Waals surface area contributed by atoms with E-state index in [4.69, 9.17) is 4.74 Å². The first-order valence-corrected chi connectivity index (χ1v) is 18.0. The number of aliphatic hydroxyl groups is 2. The van der Waals surface area contributed by atoms with Crippen LogP contribution in [0.3, 0.4) is 0 Å². The molecule has 68 heavy (non-hydrogen) atoms. The molecule has 0 amide bonds. The van der Waals surface area contributed by atoms with Gasteiger partial charge < -0.3 is 33.9 Å². The Hall–Kier alpha value is -2.38. The van der Waals surface area contributed by atoms with Crippen molar-refractivity contribution < 1.29 is 166 Å². The quantitative estimate of drug-likeness (QED) is 0.115. The van der Waals surface area contributed by atoms with Crippen LogP contribution < -0.4 is 0 Å². The summed E-state index contributed by atoms with van der Waals surface area (Å²) in [6.07, 6.45) is -7.12. The van der Waals surface area contributed by atoms with Gasteiger partial charge in [0.05, 0.1) is 52.4 Å². The highest BCUT2D eigenvalue weighted by molar-refractivity contribution is 5.56. The van der Waals surface area contributed by atoms with Crippen molar-refractivity contribution in [3.05, 3.63) is 0 Å². The maximum Gasteiger partial charge on any atom is 0.339 e. The Kier molecular flexibility index (Phi) is 11.2. The average Bonchev–Trinajstić information content (AvgIpc) is 3.18. The van der Waals surface area contributed by atoms with E-state index in [1.165, 1.54) is 0 Å². The molecule has 8 aliphatic carbocycles. The number of ether oxygens (including phenoxy) is 5. The van der Waals surface area contributed by atoms with Gasteiger partial charge in [0.15, 0.2) is 0 Å². The highest BCUT2D eigenvalue weighted by Crippen LogP contribution is 2.91. The molecule has 2 atom stereocenters. The third-order valence-corrected chi connectivity index (χ3v) is 13.1. The van der Waals surface area contributed by atoms with Gasteiger partial charge in [-0.2, -0.15) is 105 Å². The van der Waals surface area contributed by atoms with Crippen LogP contribution in [0.2, 0.25) is 0 Å². The average molecular weight is 1080 g/mol. The summed E-state index contributed by atoms with van der Waals surface area (Å²) in [7, 11) is 0. The minimum Gasteiger partial charge on any atom is -0.391 e. The molecule has 8 bridgehead atoms. The van der Waals surface area contributed by atoms with Crippen molar-refractivity contribution >= 4 is 0 Å². The Bertz CT molecular complexity index is 1660. The first kappa shape index (κ1) is 54.9. The van der Waals surface area contributed by atoms with Gasteiger partial charge in [-0.25, -0.2) is 26.3 Å². The summed E-state index contributed by atoms with van der Waals surface area (Å²) >= 11 is 0. The van der Waals surface area contributed by atoms with Crippen molar-refractivity contribution in [2.24, 2.45) is 0 Å². The van der Waals surface area contributed by atoms with Crippen LogP contribution in [0.5, 0.6) is 0 Å². The smallest absolute Gasteiger partial charge is 0.339 e. The van der Waals surface area contributed by atoms with E-state index in [0.29, 0.717) is 0 Å². The lowest BCUT2D eigenvalue weighted by Gasteiger charge is -2.74. The fourth-order valence-electron chi connectivity index (χ4n) is 9.61. The van der Waals surface area contributed by atoms with Crippen LogP contribution in [0, 0.1) is 0 Å². The first-order valence-electron chi connectivity index (χ1n) is 18.0. The van der Waals surface area contributed by atoms with Gasteiger partial charge in [0.1, 0.15) is 6.10 Å². The Labute approximate surface area is 354 Å². The number of aliphatic hydroxyl groups excluding tert-OH is 2. The predicted molar refractivity (Wildman–Crippen MR) is 149 cm³/mol. The topological polar surface area (TPSA) is 86.6 Å². The lowest BCUT2D eigenvalue weighted by molar-refractivity contribution is -0.619. The van der Waals surface area contributed by atoms with Gasteiger partial charge in [0.25, 0.3) is 11.2 Å². The minimum atomic E-state index is -8.08. The standard InChI is InChI=1S/C31H22F30O7/c32-12-20(38,39)13(33)22(42,43)14(34,21(12,40)41)28(54,55)18(26(12,50)51,27(13,52)53)67-8-10(62)1-2-64-3-4-65-5-6-66-7-11(63)9-68-19-29(56,57)15(35)23(44,45)16(36,30(19,58)59)25(48,49)17(37,24(15,46)47)31(19,60)61/h10-11,62-63H,1-9H2. The second kappa shape index (κ2) is 13.8. The fourth-order valence-corrected chi connectivity index (χ4v) is 9.61. The van der Waals surface area contributed by atoms with E-state index >= 15 is 79.0 Å². The van der Waals surface area contributed by atoms with Crippen LogP contribution in [0.15, 0.2) is 0 Å². The molecule has 0 heterocycles. The van der Waals surface area contributed by atoms with E-state index < -0.39 is 188 Å². The Morgan fingerprint density at radius 2 is 0.456 bits per heavy atom. The molecular formula is C31H22F30O7. The summed E-state index contributed by atoms with van der Waals surface area (Å²) in [4.78, 5) is 0. The molecule has 8 saturated carbocycles. The molecule has 0 aromatic rings. The largest absolute Gasteiger partial charge is 0.391 e. The fraction of sp³-hybridized carbons (Fsp3) is 1.00. The number of alkyl halides is 30. The Morgan fingerprint density at radius 3 is 0.706 bits per heavy atom. The second-order valence-corrected chi connectivity index (χ2v) is 16.2. The van der Waals surface area contributed by atoms with E-state index in [9.17, 15) is 62.9 Å². The van der Waals surface area contributed by atoms with Crippen molar-refractivity contribution in [3.8, 4) is 0 Å². The van der Waals surface area contributed by atoms with Gasteiger partial charge in [0.2, 0.25) is 0 Å². The highest BCUT2D eigenvalue weighted by atomic mass is 19.4. The zero-order chi connectivity index (χ0) is 53.1. The van der Waals surface area contributed by atoms with Crippen molar-refractivity contribution in [3.63, 3.8) is 0 Å². The van der Waals surface area contributed by atoms with Gasteiger partial charge >= 0.3 is 105 Å². The van der Waals surface area contributed by atoms with Gasteiger partial charge in [-0.15, -0.1) is 0 Å². The molecule has 7 nitrogen and oxygen atoms in total. The van der Waals surface area contributed by atoms with E-state index in [2.05, 4.69) is 18.9 Å². The first-order chi connectivity index (χ1) is 30.0. The SMILES string of the molecule is OC(CCOCCOCCOCC(O)COC12C(F)(F)C3(F)C(F)(F)C(F)(C(F)(F)C(F)(C3(F)F)C1(F)F)C2(F)F)COC12C(F)(F)C3(F)C(F)(F)C(F)(C(F)(F)C(F)(C3(F)F)C1(F)F)C2(F)F. The summed E-state index contributed by atoms with van der Waals surface area (Å²) in [6, 6.07) is 0. The van der Waals surface area contributed by atoms with Crippen LogP contribution >= 0.6 is 0 Å². The summed E-state index contributed by atoms with van der Waals surface area (Å²) in [5.41, 5.74) is -62.3. The van der Waals surface area contributed by atoms with Crippen LogP contribution in [-0.2, 0) is 23.7 Å². The van der Waals surface area contributed by atoms with Crippen LogP contribution in [0.1, 0.15) is 6.42 Å². The zero-order valence-corrected chi connectivity index (χ0v) is 31.8. The maximum atomic E-state index is 15.2. The molecule has 0 aliphatic heterocycles. The normalized spacial score (nSPS) is 45.0. The third kappa shape index (κ3) is 4.38. The molecule has 37 heteroatoms. The van der Waals surface area contributed by atoms with Gasteiger partial charge in [0, 0.05) is 6.61 Å². The van der Waals surface area contributed by atoms with Crippen LogP contribution in [0.25, 0.3) is 0 Å². The van der Waals surface area contributed by atoms with Crippen molar-refractivity contribution in [2.75, 3.05) is 52.9 Å². The number of rotatable bonds is 17. The lowest BCUT2D eigenvalue weighted by Crippen LogP contribution is -3.10. The number of halogens is 30. The van der Waals surface area contributed by atoms with E-state index in [-0.39, 0.29) is 0 Å². The minimum absolute atomic E-state index is 0.746. The molecule has 0 radical (unpaired) electrons. The Morgan fingerprint density at radius 1 is 0.250 bits per heavy atom. The number of hydrogen-bond acceptors (Lipinski definition) is 7. The van der Waals surface area contributed by atoms with Gasteiger partial charge in [-0.05, 0) is 6.42 Å². The number of hydrogen-bond donors (Lipinski definition) is 2. The van der Waals surface area contributed by atoms with Crippen molar-refractivity contribution in [1.29, 1.82) is 0 Å². The summed E-state index contributed by atoms with van der Waals surface area (Å²) < 4.78 is 468. The molecule has 0 aromatic carbocycles. The molecule has 8 aliphatic rings. The van der Waals surface area contributed by atoms with E-state index in [1.807, 2.05) is 0 Å². The predicted octanol–water partition coefficient (Wildman–Crippen LogP) is 7.61. The van der Waals surface area contributed by atoms with Gasteiger partial charge in [-0.3, -0.25) is 0 Å². The zero-order valence-electron chi connectivity index (χ0n) is 31.8. The lowest BCUT2D eigenvalue weighted by atomic mass is 9.40. The molecular weight excluding hydrogens is 1050 g/mol. The molecule has 2 N–H and O–H groups in total. The van der Waals surface area contributed by atoms with Crippen LogP contribution in [-0.4, -0.2) is 192 Å². The van der Waals surface area contributed by atoms with E-state index in [0.717, 1.165) is 0 Å². The van der Waals surface area contributed by atoms with Gasteiger partial charge in [-0.1, -0.05) is 0 Å². The van der Waals surface area contributed by atoms with Crippen molar-refractivity contribution in [1.82, 2.24) is 0 Å². The molecule has 8 fully saturated rings. The summed E-state index contributed by atoms with van der Waals surface area (Å²) in [6.45, 7) is -11.3. The molecule has 398 valence electrons. The Balaban J connectivity index is 1.00. The molecule has 0 spiro atoms. The molecule has 8 rings (SSSR count). The van der Waals surface area contributed by atoms with Crippen LogP contribution in [0.4, 0.5) is 132 Å². The monoisotopic (exact) mass is 1080 g/mol. The van der Waals surface area contributed by atoms with E-state index in [1.54, 1.807) is 0 Å².